The van der Waals surface area contributed by atoms with E-state index in [9.17, 15) is 9.59 Å². The van der Waals surface area contributed by atoms with Crippen LogP contribution in [-0.2, 0) is 11.8 Å². The number of carbonyl (C=O) groups excluding carboxylic acids is 1. The van der Waals surface area contributed by atoms with Crippen LogP contribution in [-0.4, -0.2) is 33.4 Å². The lowest BCUT2D eigenvalue weighted by Crippen LogP contribution is -2.34. The van der Waals surface area contributed by atoms with E-state index in [0.717, 1.165) is 4.68 Å². The number of carbonyl (C=O) groups is 1. The van der Waals surface area contributed by atoms with Crippen LogP contribution in [0.3, 0.4) is 0 Å². The van der Waals surface area contributed by atoms with Crippen LogP contribution in [0.1, 0.15) is 0 Å². The molecule has 4 N–H and O–H groups in total. The number of rotatable bonds is 4. The summed E-state index contributed by atoms with van der Waals surface area (Å²) in [5, 5.41) is 15.4. The van der Waals surface area contributed by atoms with Crippen molar-refractivity contribution in [2.75, 3.05) is 11.9 Å². The van der Waals surface area contributed by atoms with Gasteiger partial charge in [-0.05, 0) is 0 Å². The van der Waals surface area contributed by atoms with Crippen molar-refractivity contribution in [3.63, 3.8) is 0 Å². The molecule has 0 spiro atoms. The molecule has 1 atom stereocenters. The largest absolute Gasteiger partial charge is 0.381 e. The molecule has 88 valence electrons. The second kappa shape index (κ2) is 4.95. The van der Waals surface area contributed by atoms with E-state index in [2.05, 4.69) is 10.4 Å². The number of nitrogens with two attached hydrogens (primary N) is 1. The lowest BCUT2D eigenvalue weighted by atomic mass is 10.3. The van der Waals surface area contributed by atoms with Crippen molar-refractivity contribution < 1.29 is 9.90 Å². The molecule has 0 aromatic carbocycles. The predicted molar refractivity (Wildman–Crippen MR) is 58.2 cm³/mol. The van der Waals surface area contributed by atoms with E-state index in [1.807, 2.05) is 0 Å². The summed E-state index contributed by atoms with van der Waals surface area (Å²) in [6, 6.07) is 0. The van der Waals surface area contributed by atoms with Gasteiger partial charge in [-0.1, -0.05) is 11.6 Å². The lowest BCUT2D eigenvalue weighted by Gasteiger charge is -2.10. The summed E-state index contributed by atoms with van der Waals surface area (Å²) in [5.74, 6) is -0.861. The summed E-state index contributed by atoms with van der Waals surface area (Å²) in [6.07, 6.45) is -0.0302. The second-order valence-electron chi connectivity index (χ2n) is 3.10. The van der Waals surface area contributed by atoms with Crippen LogP contribution in [0.15, 0.2) is 11.0 Å². The van der Waals surface area contributed by atoms with Crippen LogP contribution in [0.2, 0.25) is 5.02 Å². The normalized spacial score (nSPS) is 12.2. The molecule has 0 saturated carbocycles. The number of hydrogen-bond acceptors (Lipinski definition) is 5. The molecular formula is C8H11ClN4O3. The van der Waals surface area contributed by atoms with Gasteiger partial charge in [0.1, 0.15) is 11.1 Å². The molecule has 1 amide bonds. The molecule has 0 saturated heterocycles. The molecule has 7 nitrogen and oxygen atoms in total. The van der Waals surface area contributed by atoms with Gasteiger partial charge in [0.15, 0.2) is 0 Å². The van der Waals surface area contributed by atoms with Crippen molar-refractivity contribution in [2.24, 2.45) is 12.8 Å². The molecule has 1 heterocycles. The number of amides is 1. The third kappa shape index (κ3) is 2.71. The molecule has 0 bridgehead atoms. The average molecular weight is 247 g/mol. The second-order valence-corrected chi connectivity index (χ2v) is 3.48. The zero-order chi connectivity index (χ0) is 12.3. The molecule has 16 heavy (non-hydrogen) atoms. The molecule has 1 rings (SSSR count). The minimum absolute atomic E-state index is 0.0610. The first-order valence-electron chi connectivity index (χ1n) is 4.36. The Morgan fingerprint density at radius 2 is 2.44 bits per heavy atom. The highest BCUT2D eigenvalue weighted by Crippen LogP contribution is 2.14. The fraction of sp³-hybridized carbons (Fsp3) is 0.375. The van der Waals surface area contributed by atoms with Gasteiger partial charge in [-0.15, -0.1) is 0 Å². The maximum Gasteiger partial charge on any atom is 0.287 e. The van der Waals surface area contributed by atoms with E-state index in [1.165, 1.54) is 13.2 Å². The van der Waals surface area contributed by atoms with Crippen molar-refractivity contribution in [3.8, 4) is 0 Å². The highest BCUT2D eigenvalue weighted by atomic mass is 35.5. The Morgan fingerprint density at radius 1 is 1.81 bits per heavy atom. The van der Waals surface area contributed by atoms with Crippen LogP contribution in [0.25, 0.3) is 0 Å². The summed E-state index contributed by atoms with van der Waals surface area (Å²) < 4.78 is 1.07. The van der Waals surface area contributed by atoms with Crippen molar-refractivity contribution in [2.45, 2.75) is 6.10 Å². The molecule has 0 aliphatic carbocycles. The topological polar surface area (TPSA) is 110 Å². The summed E-state index contributed by atoms with van der Waals surface area (Å²) in [6.45, 7) is -0.135. The molecule has 1 aromatic heterocycles. The van der Waals surface area contributed by atoms with Crippen molar-refractivity contribution in [1.82, 2.24) is 9.78 Å². The molecule has 0 aliphatic rings. The van der Waals surface area contributed by atoms with Gasteiger partial charge in [0.05, 0.1) is 11.9 Å². The van der Waals surface area contributed by atoms with Gasteiger partial charge in [-0.25, -0.2) is 4.68 Å². The summed E-state index contributed by atoms with van der Waals surface area (Å²) in [7, 11) is 1.45. The van der Waals surface area contributed by atoms with Crippen LogP contribution in [0.5, 0.6) is 0 Å². The monoisotopic (exact) mass is 246 g/mol. The molecule has 1 aromatic rings. The molecule has 0 fully saturated rings. The number of halogens is 1. The summed E-state index contributed by atoms with van der Waals surface area (Å²) >= 11 is 5.73. The highest BCUT2D eigenvalue weighted by Gasteiger charge is 2.12. The zero-order valence-electron chi connectivity index (χ0n) is 8.48. The Morgan fingerprint density at radius 3 is 3.00 bits per heavy atom. The number of anilines is 1. The van der Waals surface area contributed by atoms with E-state index in [0.29, 0.717) is 0 Å². The minimum atomic E-state index is -1.35. The quantitative estimate of drug-likeness (QED) is 0.611. The number of nitrogens with one attached hydrogen (secondary N) is 1. The van der Waals surface area contributed by atoms with E-state index < -0.39 is 17.6 Å². The van der Waals surface area contributed by atoms with Gasteiger partial charge in [0.2, 0.25) is 5.91 Å². The smallest absolute Gasteiger partial charge is 0.287 e. The molecular weight excluding hydrogens is 236 g/mol. The fourth-order valence-electron chi connectivity index (χ4n) is 0.941. The number of primary amides is 1. The Kier molecular flexibility index (Phi) is 3.86. The van der Waals surface area contributed by atoms with Crippen LogP contribution >= 0.6 is 11.6 Å². The number of aromatic nitrogens is 2. The molecule has 0 radical (unpaired) electrons. The van der Waals surface area contributed by atoms with Gasteiger partial charge in [-0.2, -0.15) is 5.10 Å². The van der Waals surface area contributed by atoms with Gasteiger partial charge in [0, 0.05) is 13.6 Å². The first-order valence-corrected chi connectivity index (χ1v) is 4.74. The fourth-order valence-corrected chi connectivity index (χ4v) is 1.18. The van der Waals surface area contributed by atoms with Gasteiger partial charge in [-0.3, -0.25) is 9.59 Å². The number of aryl methyl sites for hydroxylation is 1. The van der Waals surface area contributed by atoms with Crippen LogP contribution in [0, 0.1) is 0 Å². The zero-order valence-corrected chi connectivity index (χ0v) is 9.23. The van der Waals surface area contributed by atoms with Gasteiger partial charge >= 0.3 is 0 Å². The molecule has 0 aliphatic heterocycles. The molecule has 8 heteroatoms. The van der Waals surface area contributed by atoms with E-state index >= 15 is 0 Å². The predicted octanol–water partition coefficient (Wildman–Crippen LogP) is -1.31. The van der Waals surface area contributed by atoms with Crippen LogP contribution < -0.4 is 16.6 Å². The van der Waals surface area contributed by atoms with E-state index in [1.54, 1.807) is 0 Å². The van der Waals surface area contributed by atoms with Crippen molar-refractivity contribution in [3.05, 3.63) is 21.6 Å². The number of aliphatic hydroxyl groups is 1. The number of hydrogen-bond donors (Lipinski definition) is 3. The van der Waals surface area contributed by atoms with E-state index in [4.69, 9.17) is 22.4 Å². The van der Waals surface area contributed by atoms with Gasteiger partial charge < -0.3 is 16.2 Å². The summed E-state index contributed by atoms with van der Waals surface area (Å²) in [4.78, 5) is 21.9. The average Bonchev–Trinajstić information content (AvgIpc) is 2.24. The number of aliphatic hydroxyl groups excluding tert-OH is 1. The maximum absolute atomic E-state index is 11.3. The Bertz CT molecular complexity index is 459. The Labute approximate surface area is 95.8 Å². The third-order valence-corrected chi connectivity index (χ3v) is 2.26. The Hall–Kier alpha value is -1.60. The maximum atomic E-state index is 11.3. The van der Waals surface area contributed by atoms with E-state index in [-0.39, 0.29) is 17.3 Å². The minimum Gasteiger partial charge on any atom is -0.381 e. The van der Waals surface area contributed by atoms with Crippen LogP contribution in [0.4, 0.5) is 5.69 Å². The highest BCUT2D eigenvalue weighted by molar-refractivity contribution is 6.32. The number of nitrogens with zero attached hydrogens (tertiary/aromatic N) is 2. The SMILES string of the molecule is Cn1ncc(NCC(O)C(N)=O)c(Cl)c1=O. The van der Waals surface area contributed by atoms with Gasteiger partial charge in [0.25, 0.3) is 5.56 Å². The summed E-state index contributed by atoms with van der Waals surface area (Å²) in [5.41, 5.74) is 4.62. The third-order valence-electron chi connectivity index (χ3n) is 1.89. The first-order chi connectivity index (χ1) is 7.43. The molecule has 1 unspecified atom stereocenters. The Balaban J connectivity index is 2.80. The standard InChI is InChI=1S/C8H11ClN4O3/c1-13-8(16)6(9)4(2-12-13)11-3-5(14)7(10)15/h2,5,11,14H,3H2,1H3,(H2,10,15). The first kappa shape index (κ1) is 12.5. The van der Waals surface area contributed by atoms with Crippen molar-refractivity contribution >= 4 is 23.2 Å². The lowest BCUT2D eigenvalue weighted by molar-refractivity contribution is -0.125. The van der Waals surface area contributed by atoms with Crippen molar-refractivity contribution in [1.29, 1.82) is 0 Å².